The van der Waals surface area contributed by atoms with Crippen molar-refractivity contribution < 1.29 is 4.79 Å². The summed E-state index contributed by atoms with van der Waals surface area (Å²) in [6.45, 7) is 0.991. The summed E-state index contributed by atoms with van der Waals surface area (Å²) in [5.41, 5.74) is 0. The van der Waals surface area contributed by atoms with Crippen molar-refractivity contribution in [2.24, 2.45) is 5.92 Å². The lowest BCUT2D eigenvalue weighted by atomic mass is 9.78. The summed E-state index contributed by atoms with van der Waals surface area (Å²) >= 11 is 1.70. The van der Waals surface area contributed by atoms with Gasteiger partial charge in [-0.15, -0.1) is 11.3 Å². The zero-order chi connectivity index (χ0) is 12.4. The van der Waals surface area contributed by atoms with E-state index in [-0.39, 0.29) is 0 Å². The van der Waals surface area contributed by atoms with Crippen LogP contribution in [0.15, 0.2) is 17.5 Å². The highest BCUT2D eigenvalue weighted by Gasteiger charge is 2.35. The third-order valence-corrected chi connectivity index (χ3v) is 5.35. The van der Waals surface area contributed by atoms with E-state index < -0.39 is 0 Å². The van der Waals surface area contributed by atoms with Gasteiger partial charge in [-0.25, -0.2) is 0 Å². The molecule has 0 N–H and O–H groups in total. The SMILES string of the molecule is O=C(Cc1cccs1)N1CCCC2CCCCC21. The molecule has 2 atom stereocenters. The Morgan fingerprint density at radius 1 is 1.28 bits per heavy atom. The fourth-order valence-corrected chi connectivity index (χ4v) is 4.29. The molecule has 98 valence electrons. The van der Waals surface area contributed by atoms with Crippen LogP contribution >= 0.6 is 11.3 Å². The number of fused-ring (bicyclic) bond motifs is 1. The number of thiophene rings is 1. The van der Waals surface area contributed by atoms with Crippen molar-refractivity contribution in [3.63, 3.8) is 0 Å². The predicted octanol–water partition coefficient (Wildman–Crippen LogP) is 3.47. The highest BCUT2D eigenvalue weighted by atomic mass is 32.1. The molecule has 3 heteroatoms. The van der Waals surface area contributed by atoms with Gasteiger partial charge in [0, 0.05) is 17.5 Å². The molecule has 0 aromatic carbocycles. The minimum atomic E-state index is 0.356. The van der Waals surface area contributed by atoms with Crippen molar-refractivity contribution >= 4 is 17.2 Å². The van der Waals surface area contributed by atoms with E-state index in [1.807, 2.05) is 6.07 Å². The van der Waals surface area contributed by atoms with Gasteiger partial charge in [0.25, 0.3) is 0 Å². The number of carbonyl (C=O) groups is 1. The lowest BCUT2D eigenvalue weighted by Crippen LogP contribution is -2.50. The minimum absolute atomic E-state index is 0.356. The summed E-state index contributed by atoms with van der Waals surface area (Å²) in [6, 6.07) is 4.66. The van der Waals surface area contributed by atoms with E-state index in [1.54, 1.807) is 11.3 Å². The lowest BCUT2D eigenvalue weighted by molar-refractivity contribution is -0.136. The van der Waals surface area contributed by atoms with Crippen LogP contribution < -0.4 is 0 Å². The summed E-state index contributed by atoms with van der Waals surface area (Å²) in [5.74, 6) is 1.15. The second-order valence-corrected chi connectivity index (χ2v) is 6.63. The molecule has 1 aromatic heterocycles. The van der Waals surface area contributed by atoms with Crippen molar-refractivity contribution in [3.05, 3.63) is 22.4 Å². The van der Waals surface area contributed by atoms with Crippen LogP contribution in [0.1, 0.15) is 43.4 Å². The van der Waals surface area contributed by atoms with E-state index >= 15 is 0 Å². The van der Waals surface area contributed by atoms with Crippen LogP contribution in [0.2, 0.25) is 0 Å². The molecule has 0 bridgehead atoms. The topological polar surface area (TPSA) is 20.3 Å². The van der Waals surface area contributed by atoms with Crippen molar-refractivity contribution in [1.82, 2.24) is 4.90 Å². The van der Waals surface area contributed by atoms with Gasteiger partial charge in [0.05, 0.1) is 6.42 Å². The van der Waals surface area contributed by atoms with E-state index in [1.165, 1.54) is 43.4 Å². The Balaban J connectivity index is 1.68. The van der Waals surface area contributed by atoms with E-state index in [0.29, 0.717) is 18.4 Å². The largest absolute Gasteiger partial charge is 0.339 e. The van der Waals surface area contributed by atoms with Gasteiger partial charge in [-0.3, -0.25) is 4.79 Å². The van der Waals surface area contributed by atoms with Gasteiger partial charge in [0.15, 0.2) is 0 Å². The zero-order valence-corrected chi connectivity index (χ0v) is 11.6. The molecule has 1 saturated carbocycles. The van der Waals surface area contributed by atoms with E-state index in [4.69, 9.17) is 0 Å². The van der Waals surface area contributed by atoms with Crippen LogP contribution in [0.5, 0.6) is 0 Å². The van der Waals surface area contributed by atoms with Crippen molar-refractivity contribution in [2.75, 3.05) is 6.54 Å². The molecule has 0 radical (unpaired) electrons. The standard InChI is InChI=1S/C15H21NOS/c17-15(11-13-7-4-10-18-13)16-9-3-6-12-5-1-2-8-14(12)16/h4,7,10,12,14H,1-3,5-6,8-9,11H2. The smallest absolute Gasteiger partial charge is 0.228 e. The Bertz CT molecular complexity index is 399. The van der Waals surface area contributed by atoms with Crippen molar-refractivity contribution in [1.29, 1.82) is 0 Å². The molecule has 1 aliphatic carbocycles. The number of piperidine rings is 1. The Hall–Kier alpha value is -0.830. The van der Waals surface area contributed by atoms with Crippen LogP contribution in [-0.4, -0.2) is 23.4 Å². The summed E-state index contributed by atoms with van der Waals surface area (Å²) in [6.07, 6.45) is 8.41. The number of carbonyl (C=O) groups excluding carboxylic acids is 1. The van der Waals surface area contributed by atoms with Gasteiger partial charge in [-0.05, 0) is 43.0 Å². The third-order valence-electron chi connectivity index (χ3n) is 4.47. The fraction of sp³-hybridized carbons (Fsp3) is 0.667. The molecule has 2 unspecified atom stereocenters. The van der Waals surface area contributed by atoms with Crippen molar-refractivity contribution in [3.8, 4) is 0 Å². The summed E-state index contributed by atoms with van der Waals surface area (Å²) < 4.78 is 0. The maximum absolute atomic E-state index is 12.5. The molecular weight excluding hydrogens is 242 g/mol. The maximum Gasteiger partial charge on any atom is 0.228 e. The third kappa shape index (κ3) is 2.46. The van der Waals surface area contributed by atoms with Crippen LogP contribution in [0.3, 0.4) is 0 Å². The monoisotopic (exact) mass is 263 g/mol. The Morgan fingerprint density at radius 3 is 2.94 bits per heavy atom. The first-order valence-electron chi connectivity index (χ1n) is 7.16. The second kappa shape index (κ2) is 5.43. The molecule has 3 rings (SSSR count). The molecule has 18 heavy (non-hydrogen) atoms. The number of hydrogen-bond acceptors (Lipinski definition) is 2. The summed E-state index contributed by atoms with van der Waals surface area (Å²) in [5, 5.41) is 2.06. The summed E-state index contributed by atoms with van der Waals surface area (Å²) in [7, 11) is 0. The van der Waals surface area contributed by atoms with Gasteiger partial charge in [0.2, 0.25) is 5.91 Å². The molecule has 2 aliphatic rings. The highest BCUT2D eigenvalue weighted by molar-refractivity contribution is 7.10. The molecule has 2 nitrogen and oxygen atoms in total. The number of amides is 1. The Morgan fingerprint density at radius 2 is 2.11 bits per heavy atom. The molecule has 1 aromatic rings. The van der Waals surface area contributed by atoms with Crippen LogP contribution in [0.4, 0.5) is 0 Å². The van der Waals surface area contributed by atoms with E-state index in [9.17, 15) is 4.79 Å². The Kier molecular flexibility index (Phi) is 3.69. The van der Waals surface area contributed by atoms with Gasteiger partial charge in [-0.2, -0.15) is 0 Å². The van der Waals surface area contributed by atoms with Crippen LogP contribution in [0, 0.1) is 5.92 Å². The number of nitrogens with zero attached hydrogens (tertiary/aromatic N) is 1. The van der Waals surface area contributed by atoms with Gasteiger partial charge < -0.3 is 4.90 Å². The molecule has 1 aliphatic heterocycles. The quantitative estimate of drug-likeness (QED) is 0.800. The first kappa shape index (κ1) is 12.2. The average molecular weight is 263 g/mol. The fourth-order valence-electron chi connectivity index (χ4n) is 3.60. The van der Waals surface area contributed by atoms with Crippen LogP contribution in [-0.2, 0) is 11.2 Å². The molecule has 0 spiro atoms. The lowest BCUT2D eigenvalue weighted by Gasteiger charge is -2.44. The highest BCUT2D eigenvalue weighted by Crippen LogP contribution is 2.35. The molecule has 2 heterocycles. The minimum Gasteiger partial charge on any atom is -0.339 e. The summed E-state index contributed by atoms with van der Waals surface area (Å²) in [4.78, 5) is 15.9. The molecule has 2 fully saturated rings. The molecule has 1 saturated heterocycles. The van der Waals surface area contributed by atoms with Gasteiger partial charge in [0.1, 0.15) is 0 Å². The van der Waals surface area contributed by atoms with E-state index in [2.05, 4.69) is 16.3 Å². The van der Waals surface area contributed by atoms with Gasteiger partial charge in [-0.1, -0.05) is 18.9 Å². The Labute approximate surface area is 113 Å². The normalized spacial score (nSPS) is 27.9. The van der Waals surface area contributed by atoms with Gasteiger partial charge >= 0.3 is 0 Å². The number of likely N-dealkylation sites (tertiary alicyclic amines) is 1. The van der Waals surface area contributed by atoms with Crippen LogP contribution in [0.25, 0.3) is 0 Å². The number of rotatable bonds is 2. The predicted molar refractivity (Wildman–Crippen MR) is 74.7 cm³/mol. The molecule has 1 amide bonds. The zero-order valence-electron chi connectivity index (χ0n) is 10.8. The number of hydrogen-bond donors (Lipinski definition) is 0. The first-order valence-corrected chi connectivity index (χ1v) is 8.04. The maximum atomic E-state index is 12.5. The second-order valence-electron chi connectivity index (χ2n) is 5.60. The first-order chi connectivity index (χ1) is 8.84. The van der Waals surface area contributed by atoms with E-state index in [0.717, 1.165) is 12.5 Å². The van der Waals surface area contributed by atoms with Crippen molar-refractivity contribution in [2.45, 2.75) is 51.0 Å². The average Bonchev–Trinajstić information content (AvgIpc) is 2.91. The molecular formula is C15H21NOS.